The van der Waals surface area contributed by atoms with Gasteiger partial charge in [-0.25, -0.2) is 0 Å². The Bertz CT molecular complexity index is 3650. The minimum absolute atomic E-state index is 0.841. The average Bonchev–Trinajstić information content (AvgIpc) is 3.96. The molecule has 13 aromatic rings. The van der Waals surface area contributed by atoms with Gasteiger partial charge in [-0.05, 0) is 60.7 Å². The third kappa shape index (κ3) is 3.46. The molecule has 0 atom stereocenters. The van der Waals surface area contributed by atoms with Crippen molar-refractivity contribution in [1.82, 2.24) is 8.80 Å². The summed E-state index contributed by atoms with van der Waals surface area (Å²) in [6, 6.07) is 58.6. The van der Waals surface area contributed by atoms with Crippen molar-refractivity contribution < 1.29 is 8.83 Å². The second-order valence-corrected chi connectivity index (χ2v) is 14.1. The third-order valence-corrected chi connectivity index (χ3v) is 11.4. The van der Waals surface area contributed by atoms with Gasteiger partial charge in [-0.2, -0.15) is 0 Å². The first-order valence-electron chi connectivity index (χ1n) is 18.0. The van der Waals surface area contributed by atoms with E-state index in [0.717, 1.165) is 72.0 Å². The summed E-state index contributed by atoms with van der Waals surface area (Å²) >= 11 is 0. The molecular formula is C48H27N3O2. The summed E-state index contributed by atoms with van der Waals surface area (Å²) in [4.78, 5) is 2.32. The molecule has 0 spiro atoms. The molecular weight excluding hydrogens is 651 g/mol. The van der Waals surface area contributed by atoms with Crippen LogP contribution in [-0.4, -0.2) is 8.80 Å². The predicted octanol–water partition coefficient (Wildman–Crippen LogP) is 13.5. The number of furan rings is 2. The van der Waals surface area contributed by atoms with Crippen LogP contribution in [0.5, 0.6) is 0 Å². The molecule has 13 rings (SSSR count). The molecule has 5 heterocycles. The van der Waals surface area contributed by atoms with Crippen LogP contribution in [0.2, 0.25) is 0 Å². The fraction of sp³-hybridized carbons (Fsp3) is 0. The first kappa shape index (κ1) is 27.5. The van der Waals surface area contributed by atoms with Gasteiger partial charge in [-0.1, -0.05) is 97.1 Å². The van der Waals surface area contributed by atoms with Crippen molar-refractivity contribution in [3.05, 3.63) is 164 Å². The van der Waals surface area contributed by atoms with Crippen molar-refractivity contribution in [1.29, 1.82) is 0 Å². The SMILES string of the molecule is c1ccc2c(c1)oc1cc(N(c3ccc4c(c3)n3c5ccccc5c5ccc6c7ccccc7n4c6c53)c3cccc4c3oc3ccccc34)ccc12. The van der Waals surface area contributed by atoms with E-state index >= 15 is 0 Å². The Labute approximate surface area is 301 Å². The van der Waals surface area contributed by atoms with Crippen molar-refractivity contribution in [2.45, 2.75) is 0 Å². The Morgan fingerprint density at radius 3 is 1.60 bits per heavy atom. The number of para-hydroxylation sites is 5. The summed E-state index contributed by atoms with van der Waals surface area (Å²) in [7, 11) is 0. The molecule has 0 fully saturated rings. The quantitative estimate of drug-likeness (QED) is 0.175. The largest absolute Gasteiger partial charge is 0.456 e. The lowest BCUT2D eigenvalue weighted by molar-refractivity contribution is 0.667. The molecule has 5 heteroatoms. The summed E-state index contributed by atoms with van der Waals surface area (Å²) in [5.41, 5.74) is 13.6. The van der Waals surface area contributed by atoms with Gasteiger partial charge in [0.25, 0.3) is 0 Å². The Morgan fingerprint density at radius 1 is 0.340 bits per heavy atom. The van der Waals surface area contributed by atoms with Crippen molar-refractivity contribution in [3.63, 3.8) is 0 Å². The van der Waals surface area contributed by atoms with Gasteiger partial charge < -0.3 is 22.5 Å². The van der Waals surface area contributed by atoms with E-state index in [0.29, 0.717) is 0 Å². The van der Waals surface area contributed by atoms with E-state index in [4.69, 9.17) is 8.83 Å². The lowest BCUT2D eigenvalue weighted by Gasteiger charge is -2.26. The van der Waals surface area contributed by atoms with Crippen LogP contribution in [-0.2, 0) is 0 Å². The molecule has 5 aromatic heterocycles. The zero-order chi connectivity index (χ0) is 34.4. The number of benzene rings is 8. The van der Waals surface area contributed by atoms with E-state index in [1.54, 1.807) is 0 Å². The zero-order valence-corrected chi connectivity index (χ0v) is 28.2. The van der Waals surface area contributed by atoms with E-state index in [9.17, 15) is 0 Å². The van der Waals surface area contributed by atoms with Crippen molar-refractivity contribution >= 4 is 116 Å². The van der Waals surface area contributed by atoms with Gasteiger partial charge in [0.05, 0.1) is 44.5 Å². The fourth-order valence-electron chi connectivity index (χ4n) is 9.21. The highest BCUT2D eigenvalue weighted by Crippen LogP contribution is 2.46. The molecule has 0 aliphatic heterocycles. The summed E-state index contributed by atoms with van der Waals surface area (Å²) in [6.07, 6.45) is 0. The lowest BCUT2D eigenvalue weighted by Crippen LogP contribution is -2.11. The molecule has 0 amide bonds. The molecule has 0 radical (unpaired) electrons. The highest BCUT2D eigenvalue weighted by atomic mass is 16.3. The molecule has 246 valence electrons. The van der Waals surface area contributed by atoms with Gasteiger partial charge in [-0.3, -0.25) is 0 Å². The Balaban J connectivity index is 1.18. The van der Waals surface area contributed by atoms with Gasteiger partial charge in [0.2, 0.25) is 0 Å². The summed E-state index contributed by atoms with van der Waals surface area (Å²) in [6.45, 7) is 0. The maximum atomic E-state index is 6.70. The van der Waals surface area contributed by atoms with Crippen LogP contribution in [0.25, 0.3) is 98.5 Å². The number of anilines is 3. The minimum atomic E-state index is 0.841. The molecule has 0 unspecified atom stereocenters. The fourth-order valence-corrected chi connectivity index (χ4v) is 9.21. The van der Waals surface area contributed by atoms with Crippen LogP contribution in [0.3, 0.4) is 0 Å². The molecule has 8 aromatic carbocycles. The molecule has 0 aliphatic carbocycles. The van der Waals surface area contributed by atoms with Crippen LogP contribution >= 0.6 is 0 Å². The molecule has 5 nitrogen and oxygen atoms in total. The monoisotopic (exact) mass is 677 g/mol. The smallest absolute Gasteiger partial charge is 0.159 e. The van der Waals surface area contributed by atoms with Gasteiger partial charge in [0.15, 0.2) is 5.58 Å². The van der Waals surface area contributed by atoms with E-state index in [-0.39, 0.29) is 0 Å². The second kappa shape index (κ2) is 9.75. The molecule has 0 saturated carbocycles. The van der Waals surface area contributed by atoms with Crippen LogP contribution < -0.4 is 4.90 Å². The van der Waals surface area contributed by atoms with Crippen molar-refractivity contribution in [2.75, 3.05) is 4.90 Å². The molecule has 0 saturated heterocycles. The first-order valence-corrected chi connectivity index (χ1v) is 18.0. The number of nitrogens with zero attached hydrogens (tertiary/aromatic N) is 3. The number of rotatable bonds is 3. The van der Waals surface area contributed by atoms with Gasteiger partial charge in [0.1, 0.15) is 16.7 Å². The maximum Gasteiger partial charge on any atom is 0.159 e. The van der Waals surface area contributed by atoms with Crippen molar-refractivity contribution in [2.24, 2.45) is 0 Å². The maximum absolute atomic E-state index is 6.70. The zero-order valence-electron chi connectivity index (χ0n) is 28.2. The van der Waals surface area contributed by atoms with Gasteiger partial charge in [-0.15, -0.1) is 0 Å². The Morgan fingerprint density at radius 2 is 0.868 bits per heavy atom. The highest BCUT2D eigenvalue weighted by molar-refractivity contribution is 6.25. The molecule has 0 aliphatic rings. The van der Waals surface area contributed by atoms with E-state index in [2.05, 4.69) is 153 Å². The standard InChI is InChI=1S/C48H27N3O2/c1-5-15-38-30(10-1)35-23-24-36-31-11-2-6-16-39(31)51-42-26-28(21-25-40(42)50(38)46(35)47(36)51)49(29-20-22-34-32-12-3-7-18-43(32)52-45(34)27-29)41-17-9-14-37-33-13-4-8-19-44(33)53-48(37)41/h1-27H. The second-order valence-electron chi connectivity index (χ2n) is 14.1. The molecule has 53 heavy (non-hydrogen) atoms. The van der Waals surface area contributed by atoms with E-state index < -0.39 is 0 Å². The predicted molar refractivity (Wildman–Crippen MR) is 219 cm³/mol. The topological polar surface area (TPSA) is 38.3 Å². The Hall–Kier alpha value is -7.24. The summed E-state index contributed by atoms with van der Waals surface area (Å²) < 4.78 is 18.1. The number of aromatic nitrogens is 2. The first-order chi connectivity index (χ1) is 26.3. The van der Waals surface area contributed by atoms with Crippen LogP contribution in [0.1, 0.15) is 0 Å². The summed E-state index contributed by atoms with van der Waals surface area (Å²) in [5, 5.41) is 9.42. The van der Waals surface area contributed by atoms with Crippen LogP contribution in [0.4, 0.5) is 17.1 Å². The molecule has 0 N–H and O–H groups in total. The van der Waals surface area contributed by atoms with Gasteiger partial charge in [0, 0.05) is 54.8 Å². The number of hydrogen-bond acceptors (Lipinski definition) is 3. The summed E-state index contributed by atoms with van der Waals surface area (Å²) in [5.74, 6) is 0. The normalized spacial score (nSPS) is 12.5. The lowest BCUT2D eigenvalue weighted by atomic mass is 10.1. The minimum Gasteiger partial charge on any atom is -0.456 e. The average molecular weight is 678 g/mol. The van der Waals surface area contributed by atoms with E-state index in [1.165, 1.54) is 43.6 Å². The Kier molecular flexibility index (Phi) is 5.06. The van der Waals surface area contributed by atoms with E-state index in [1.807, 2.05) is 24.3 Å². The number of fused-ring (bicyclic) bond motifs is 15. The highest BCUT2D eigenvalue weighted by Gasteiger charge is 2.25. The molecule has 0 bridgehead atoms. The van der Waals surface area contributed by atoms with Gasteiger partial charge >= 0.3 is 0 Å². The third-order valence-electron chi connectivity index (χ3n) is 11.4. The number of hydrogen-bond donors (Lipinski definition) is 0. The van der Waals surface area contributed by atoms with Crippen LogP contribution in [0, 0.1) is 0 Å². The van der Waals surface area contributed by atoms with Crippen LogP contribution in [0.15, 0.2) is 173 Å². The van der Waals surface area contributed by atoms with Crippen molar-refractivity contribution in [3.8, 4) is 0 Å².